The summed E-state index contributed by atoms with van der Waals surface area (Å²) in [4.78, 5) is 79.3. The van der Waals surface area contributed by atoms with Crippen molar-refractivity contribution in [2.75, 3.05) is 13.2 Å². The lowest BCUT2D eigenvalue weighted by Crippen LogP contribution is -2.61. The molecule has 7 N–H and O–H groups in total. The lowest BCUT2D eigenvalue weighted by atomic mass is 9.96. The molecule has 1 saturated heterocycles. The van der Waals surface area contributed by atoms with Crippen LogP contribution in [0.15, 0.2) is 60.7 Å². The molecule has 0 aromatic heterocycles. The molecular weight excluding hydrogens is 580 g/mol. The van der Waals surface area contributed by atoms with Gasteiger partial charge in [-0.05, 0) is 24.0 Å². The van der Waals surface area contributed by atoms with Crippen LogP contribution in [0.5, 0.6) is 0 Å². The smallest absolute Gasteiger partial charge is 0.245 e. The largest absolute Gasteiger partial charge is 0.394 e. The van der Waals surface area contributed by atoms with Crippen LogP contribution in [-0.2, 0) is 41.6 Å². The minimum Gasteiger partial charge on any atom is -0.394 e. The molecule has 45 heavy (non-hydrogen) atoms. The van der Waals surface area contributed by atoms with E-state index in [9.17, 15) is 33.9 Å². The van der Waals surface area contributed by atoms with Crippen LogP contribution in [0.1, 0.15) is 38.3 Å². The van der Waals surface area contributed by atoms with E-state index in [-0.39, 0.29) is 12.8 Å². The lowest BCUT2D eigenvalue weighted by Gasteiger charge is -2.29. The van der Waals surface area contributed by atoms with Gasteiger partial charge >= 0.3 is 0 Å². The first-order chi connectivity index (χ1) is 21.5. The number of hydrogen-bond donors (Lipinski definition) is 7. The molecule has 2 aromatic carbocycles. The molecule has 13 nitrogen and oxygen atoms in total. The van der Waals surface area contributed by atoms with Gasteiger partial charge in [-0.25, -0.2) is 0 Å². The predicted molar refractivity (Wildman–Crippen MR) is 165 cm³/mol. The van der Waals surface area contributed by atoms with Gasteiger partial charge in [0.05, 0.1) is 13.2 Å². The molecular formula is C32H42N6O7. The van der Waals surface area contributed by atoms with Gasteiger partial charge in [0.2, 0.25) is 35.4 Å². The van der Waals surface area contributed by atoms with Crippen molar-refractivity contribution in [2.24, 2.45) is 5.92 Å². The van der Waals surface area contributed by atoms with E-state index in [1.165, 1.54) is 6.92 Å². The zero-order valence-corrected chi connectivity index (χ0v) is 25.7. The lowest BCUT2D eigenvalue weighted by molar-refractivity contribution is -0.136. The van der Waals surface area contributed by atoms with Crippen molar-refractivity contribution >= 4 is 35.4 Å². The van der Waals surface area contributed by atoms with E-state index in [2.05, 4.69) is 31.9 Å². The fourth-order valence-electron chi connectivity index (χ4n) is 4.75. The van der Waals surface area contributed by atoms with Crippen LogP contribution < -0.4 is 31.9 Å². The maximum atomic E-state index is 13.8. The second-order valence-corrected chi connectivity index (χ2v) is 11.1. The van der Waals surface area contributed by atoms with Gasteiger partial charge in [-0.3, -0.25) is 28.8 Å². The van der Waals surface area contributed by atoms with Crippen molar-refractivity contribution in [3.63, 3.8) is 0 Å². The monoisotopic (exact) mass is 622 g/mol. The maximum Gasteiger partial charge on any atom is 0.245 e. The molecule has 0 unspecified atom stereocenters. The number of rotatable bonds is 7. The van der Waals surface area contributed by atoms with E-state index in [0.29, 0.717) is 6.42 Å². The summed E-state index contributed by atoms with van der Waals surface area (Å²) in [6.45, 7) is 3.68. The van der Waals surface area contributed by atoms with Crippen LogP contribution in [0.2, 0.25) is 0 Å². The fraction of sp³-hybridized carbons (Fsp3) is 0.438. The van der Waals surface area contributed by atoms with Crippen LogP contribution in [0.3, 0.4) is 0 Å². The molecule has 0 radical (unpaired) electrons. The van der Waals surface area contributed by atoms with Crippen LogP contribution in [0.4, 0.5) is 0 Å². The summed E-state index contributed by atoms with van der Waals surface area (Å²) in [6.07, 6.45) is 0.649. The van der Waals surface area contributed by atoms with E-state index >= 15 is 0 Å². The average molecular weight is 623 g/mol. The summed E-state index contributed by atoms with van der Waals surface area (Å²) >= 11 is 0. The molecule has 1 aliphatic rings. The van der Waals surface area contributed by atoms with Crippen LogP contribution in [-0.4, -0.2) is 83.9 Å². The fourth-order valence-corrected chi connectivity index (χ4v) is 4.75. The highest BCUT2D eigenvalue weighted by Gasteiger charge is 2.34. The van der Waals surface area contributed by atoms with Crippen molar-refractivity contribution in [2.45, 2.75) is 70.2 Å². The first-order valence-electron chi connectivity index (χ1n) is 15.0. The maximum absolute atomic E-state index is 13.8. The Kier molecular flexibility index (Phi) is 13.0. The number of amides is 6. The summed E-state index contributed by atoms with van der Waals surface area (Å²) in [7, 11) is 0. The third kappa shape index (κ3) is 10.4. The number of aliphatic hydroxyl groups excluding tert-OH is 1. The molecule has 0 saturated carbocycles. The highest BCUT2D eigenvalue weighted by Crippen LogP contribution is 2.12. The Labute approximate surface area is 262 Å². The minimum absolute atomic E-state index is 0.0768. The average Bonchev–Trinajstić information content (AvgIpc) is 3.04. The van der Waals surface area contributed by atoms with E-state index < -0.39 is 84.7 Å². The van der Waals surface area contributed by atoms with Crippen molar-refractivity contribution < 1.29 is 33.9 Å². The molecule has 0 bridgehead atoms. The van der Waals surface area contributed by atoms with Crippen LogP contribution in [0, 0.1) is 5.92 Å². The molecule has 2 aromatic rings. The van der Waals surface area contributed by atoms with Gasteiger partial charge in [0.1, 0.15) is 30.2 Å². The molecule has 13 heteroatoms. The number of aliphatic hydroxyl groups is 1. The van der Waals surface area contributed by atoms with Crippen molar-refractivity contribution in [3.05, 3.63) is 71.8 Å². The van der Waals surface area contributed by atoms with Crippen molar-refractivity contribution in [1.82, 2.24) is 31.9 Å². The van der Waals surface area contributed by atoms with Crippen LogP contribution in [0.25, 0.3) is 0 Å². The summed E-state index contributed by atoms with van der Waals surface area (Å²) in [6, 6.07) is 12.1. The Morgan fingerprint density at radius 2 is 1.16 bits per heavy atom. The van der Waals surface area contributed by atoms with Crippen molar-refractivity contribution in [1.29, 1.82) is 0 Å². The molecule has 3 rings (SSSR count). The molecule has 1 heterocycles. The Morgan fingerprint density at radius 1 is 0.667 bits per heavy atom. The molecule has 0 spiro atoms. The third-order valence-corrected chi connectivity index (χ3v) is 7.63. The van der Waals surface area contributed by atoms with Gasteiger partial charge in [-0.15, -0.1) is 0 Å². The normalized spacial score (nSPS) is 24.8. The Bertz CT molecular complexity index is 1340. The van der Waals surface area contributed by atoms with Gasteiger partial charge in [0.25, 0.3) is 0 Å². The van der Waals surface area contributed by atoms with Crippen molar-refractivity contribution in [3.8, 4) is 0 Å². The highest BCUT2D eigenvalue weighted by molar-refractivity contribution is 5.97. The standard InChI is InChI=1S/C32H42N6O7/c1-4-19(2)27-32(45)37-24(16-22-13-9-6-10-14-22)30(43)36-23(15-21-11-7-5-8-12-21)29(42)34-20(3)28(41)33-17-26(40)35-25(18-39)31(44)38-27/h5-14,19-20,23-25,27,39H,4,15-18H2,1-3H3,(H,33,41)(H,34,42)(H,35,40)(H,36,43)(H,37,45)(H,38,44)/t19-,20-,23+,24+,25-,27+/m1/s1. The van der Waals surface area contributed by atoms with Crippen LogP contribution >= 0.6 is 0 Å². The van der Waals surface area contributed by atoms with Gasteiger partial charge in [0, 0.05) is 12.8 Å². The topological polar surface area (TPSA) is 195 Å². The van der Waals surface area contributed by atoms with E-state index in [0.717, 1.165) is 11.1 Å². The molecule has 1 fully saturated rings. The zero-order valence-electron chi connectivity index (χ0n) is 25.7. The van der Waals surface area contributed by atoms with E-state index in [4.69, 9.17) is 0 Å². The second kappa shape index (κ2) is 16.9. The first kappa shape index (κ1) is 34.7. The second-order valence-electron chi connectivity index (χ2n) is 11.1. The number of carbonyl (C=O) groups excluding carboxylic acids is 6. The molecule has 6 atom stereocenters. The summed E-state index contributed by atoms with van der Waals surface area (Å²) in [5.74, 6) is -4.59. The summed E-state index contributed by atoms with van der Waals surface area (Å²) in [5, 5.41) is 25.2. The van der Waals surface area contributed by atoms with Gasteiger partial charge in [0.15, 0.2) is 0 Å². The number of nitrogens with one attached hydrogen (secondary N) is 6. The molecule has 0 aliphatic carbocycles. The number of carbonyl (C=O) groups is 6. The number of hydrogen-bond acceptors (Lipinski definition) is 7. The highest BCUT2D eigenvalue weighted by atomic mass is 16.3. The van der Waals surface area contributed by atoms with Gasteiger partial charge in [-0.1, -0.05) is 80.9 Å². The molecule has 6 amide bonds. The number of benzene rings is 2. The summed E-state index contributed by atoms with van der Waals surface area (Å²) in [5.41, 5.74) is 1.48. The zero-order chi connectivity index (χ0) is 32.9. The summed E-state index contributed by atoms with van der Waals surface area (Å²) < 4.78 is 0. The Morgan fingerprint density at radius 3 is 1.67 bits per heavy atom. The van der Waals surface area contributed by atoms with Gasteiger partial charge in [-0.2, -0.15) is 0 Å². The molecule has 242 valence electrons. The van der Waals surface area contributed by atoms with E-state index in [1.807, 2.05) is 19.1 Å². The Hall–Kier alpha value is -4.78. The third-order valence-electron chi connectivity index (χ3n) is 7.63. The van der Waals surface area contributed by atoms with E-state index in [1.54, 1.807) is 55.5 Å². The van der Waals surface area contributed by atoms with Gasteiger partial charge < -0.3 is 37.0 Å². The Balaban J connectivity index is 2.01. The SMILES string of the molecule is CC[C@@H](C)[C@@H]1NC(=O)[C@@H](CO)NC(=O)CNC(=O)[C@@H](C)NC(=O)[C@H](Cc2ccccc2)NC(=O)[C@H](Cc2ccccc2)NC1=O. The first-order valence-corrected chi connectivity index (χ1v) is 15.0. The molecule has 1 aliphatic heterocycles. The predicted octanol–water partition coefficient (Wildman–Crippen LogP) is -0.916. The minimum atomic E-state index is -1.41. The quantitative estimate of drug-likeness (QED) is 0.207.